The molecule has 0 aliphatic carbocycles. The molecule has 2 atom stereocenters. The lowest BCUT2D eigenvalue weighted by atomic mass is 10.1. The summed E-state index contributed by atoms with van der Waals surface area (Å²) in [7, 11) is 0. The van der Waals surface area contributed by atoms with E-state index in [9.17, 15) is 4.39 Å². The summed E-state index contributed by atoms with van der Waals surface area (Å²) in [6.45, 7) is 6.82. The van der Waals surface area contributed by atoms with Gasteiger partial charge in [0.15, 0.2) is 0 Å². The Bertz CT molecular complexity index is 723. The highest BCUT2D eigenvalue weighted by atomic mass is 19.1. The van der Waals surface area contributed by atoms with Crippen molar-refractivity contribution in [3.05, 3.63) is 42.0 Å². The molecule has 2 N–H and O–H groups in total. The quantitative estimate of drug-likeness (QED) is 0.814. The summed E-state index contributed by atoms with van der Waals surface area (Å²) in [6, 6.07) is 7.21. The summed E-state index contributed by atoms with van der Waals surface area (Å²) >= 11 is 0. The van der Waals surface area contributed by atoms with Gasteiger partial charge in [-0.1, -0.05) is 13.3 Å². The third-order valence-corrected chi connectivity index (χ3v) is 6.18. The number of benzene rings is 1. The van der Waals surface area contributed by atoms with Crippen molar-refractivity contribution in [3.8, 4) is 0 Å². The van der Waals surface area contributed by atoms with E-state index in [-0.39, 0.29) is 11.9 Å². The fraction of sp³-hybridized carbons (Fsp3) is 0.591. The summed E-state index contributed by atoms with van der Waals surface area (Å²) in [6.07, 6.45) is 9.40. The van der Waals surface area contributed by atoms with Crippen LogP contribution in [-0.4, -0.2) is 54.0 Å². The van der Waals surface area contributed by atoms with Crippen LogP contribution >= 0.6 is 0 Å². The number of aliphatic imine (C=N–C) groups is 1. The highest BCUT2D eigenvalue weighted by molar-refractivity contribution is 5.97. The van der Waals surface area contributed by atoms with Crippen LogP contribution in [0.25, 0.3) is 0 Å². The van der Waals surface area contributed by atoms with Crippen molar-refractivity contribution in [2.75, 3.05) is 31.1 Å². The Morgan fingerprint density at radius 1 is 1.11 bits per heavy atom. The lowest BCUT2D eigenvalue weighted by Gasteiger charge is -2.38. The number of likely N-dealkylation sites (tertiary alicyclic amines) is 2. The molecular weight excluding hydrogens is 353 g/mol. The largest absolute Gasteiger partial charge is 0.369 e. The van der Waals surface area contributed by atoms with E-state index in [0.717, 1.165) is 37.4 Å². The first kappa shape index (κ1) is 19.2. The molecule has 6 heteroatoms. The smallest absolute Gasteiger partial charge is 0.203 e. The second kappa shape index (κ2) is 8.52. The van der Waals surface area contributed by atoms with Gasteiger partial charge < -0.3 is 20.4 Å². The van der Waals surface area contributed by atoms with Crippen LogP contribution in [0.4, 0.5) is 10.1 Å². The maximum absolute atomic E-state index is 13.4. The Kier molecular flexibility index (Phi) is 5.85. The van der Waals surface area contributed by atoms with Gasteiger partial charge in [-0.3, -0.25) is 0 Å². The van der Waals surface area contributed by atoms with Crippen molar-refractivity contribution in [3.63, 3.8) is 0 Å². The van der Waals surface area contributed by atoms with Gasteiger partial charge in [-0.05, 0) is 75.5 Å². The van der Waals surface area contributed by atoms with E-state index in [1.165, 1.54) is 50.9 Å². The van der Waals surface area contributed by atoms with E-state index < -0.39 is 0 Å². The number of hydrogen-bond donors (Lipinski definition) is 1. The third kappa shape index (κ3) is 4.02. The number of anilines is 1. The molecule has 3 aliphatic rings. The van der Waals surface area contributed by atoms with Crippen LogP contribution in [0.15, 0.2) is 41.2 Å². The summed E-state index contributed by atoms with van der Waals surface area (Å²) in [5, 5.41) is 0. The molecule has 0 saturated carbocycles. The van der Waals surface area contributed by atoms with E-state index in [4.69, 9.17) is 10.7 Å². The number of nitrogens with two attached hydrogens (primary N) is 1. The first-order valence-electron chi connectivity index (χ1n) is 10.8. The maximum Gasteiger partial charge on any atom is 0.203 e. The van der Waals surface area contributed by atoms with Crippen molar-refractivity contribution in [2.24, 2.45) is 10.7 Å². The standard InChI is InChI=1S/C22H32FN5/c1-2-6-19-15-21(25-22(24)28(19)18-10-8-17(23)9-11-18)27-14-5-7-20(27)16-26-12-3-4-13-26/h8-11,15,19-20H,2-7,12-14,16H2,1H3,(H2,24,25)/t19?,20-/m0/s1. The van der Waals surface area contributed by atoms with Gasteiger partial charge in [0.1, 0.15) is 11.6 Å². The molecule has 0 bridgehead atoms. The number of halogens is 1. The van der Waals surface area contributed by atoms with Gasteiger partial charge in [-0.15, -0.1) is 0 Å². The number of rotatable bonds is 6. The summed E-state index contributed by atoms with van der Waals surface area (Å²) < 4.78 is 13.4. The zero-order chi connectivity index (χ0) is 19.5. The predicted octanol–water partition coefficient (Wildman–Crippen LogP) is 3.53. The second-order valence-electron chi connectivity index (χ2n) is 8.19. The second-order valence-corrected chi connectivity index (χ2v) is 8.19. The first-order valence-corrected chi connectivity index (χ1v) is 10.8. The average molecular weight is 386 g/mol. The van der Waals surface area contributed by atoms with Gasteiger partial charge in [-0.25, -0.2) is 4.39 Å². The van der Waals surface area contributed by atoms with E-state index in [1.807, 2.05) is 4.90 Å². The fourth-order valence-corrected chi connectivity index (χ4v) is 4.81. The van der Waals surface area contributed by atoms with Gasteiger partial charge in [0, 0.05) is 24.8 Å². The molecule has 28 heavy (non-hydrogen) atoms. The molecule has 1 aromatic carbocycles. The maximum atomic E-state index is 13.4. The molecule has 2 saturated heterocycles. The van der Waals surface area contributed by atoms with Gasteiger partial charge in [0.2, 0.25) is 5.96 Å². The molecule has 2 fully saturated rings. The van der Waals surface area contributed by atoms with Crippen molar-refractivity contribution in [1.29, 1.82) is 0 Å². The van der Waals surface area contributed by atoms with Crippen LogP contribution < -0.4 is 10.6 Å². The zero-order valence-corrected chi connectivity index (χ0v) is 16.9. The lowest BCUT2D eigenvalue weighted by molar-refractivity contribution is 0.223. The van der Waals surface area contributed by atoms with E-state index in [1.54, 1.807) is 12.1 Å². The number of nitrogens with zero attached hydrogens (tertiary/aromatic N) is 4. The summed E-state index contributed by atoms with van der Waals surface area (Å²) in [4.78, 5) is 11.9. The van der Waals surface area contributed by atoms with Crippen molar-refractivity contribution in [2.45, 2.75) is 57.5 Å². The molecular formula is C22H32FN5. The molecule has 4 rings (SSSR count). The molecule has 3 aliphatic heterocycles. The third-order valence-electron chi connectivity index (χ3n) is 6.18. The van der Waals surface area contributed by atoms with Crippen LogP contribution in [-0.2, 0) is 0 Å². The minimum absolute atomic E-state index is 0.149. The monoisotopic (exact) mass is 385 g/mol. The van der Waals surface area contributed by atoms with Gasteiger partial charge in [-0.2, -0.15) is 4.99 Å². The molecule has 3 heterocycles. The van der Waals surface area contributed by atoms with Crippen LogP contribution in [0.2, 0.25) is 0 Å². The van der Waals surface area contributed by atoms with Gasteiger partial charge in [0.25, 0.3) is 0 Å². The Morgan fingerprint density at radius 3 is 2.57 bits per heavy atom. The molecule has 0 aromatic heterocycles. The normalized spacial score (nSPS) is 25.9. The van der Waals surface area contributed by atoms with Crippen molar-refractivity contribution >= 4 is 11.6 Å². The van der Waals surface area contributed by atoms with Crippen LogP contribution in [0.3, 0.4) is 0 Å². The molecule has 5 nitrogen and oxygen atoms in total. The molecule has 1 unspecified atom stereocenters. The zero-order valence-electron chi connectivity index (χ0n) is 16.9. The summed E-state index contributed by atoms with van der Waals surface area (Å²) in [5.74, 6) is 1.30. The molecule has 1 aromatic rings. The van der Waals surface area contributed by atoms with Crippen LogP contribution in [0.5, 0.6) is 0 Å². The molecule has 0 radical (unpaired) electrons. The highest BCUT2D eigenvalue weighted by Gasteiger charge is 2.33. The topological polar surface area (TPSA) is 48.1 Å². The van der Waals surface area contributed by atoms with Crippen molar-refractivity contribution < 1.29 is 4.39 Å². The molecule has 152 valence electrons. The van der Waals surface area contributed by atoms with Crippen molar-refractivity contribution in [1.82, 2.24) is 9.80 Å². The lowest BCUT2D eigenvalue weighted by Crippen LogP contribution is -2.48. The van der Waals surface area contributed by atoms with Crippen LogP contribution in [0, 0.1) is 5.82 Å². The fourth-order valence-electron chi connectivity index (χ4n) is 4.81. The molecule has 0 spiro atoms. The van der Waals surface area contributed by atoms with E-state index in [0.29, 0.717) is 12.0 Å². The van der Waals surface area contributed by atoms with E-state index >= 15 is 0 Å². The first-order chi connectivity index (χ1) is 13.7. The number of guanidine groups is 1. The Morgan fingerprint density at radius 2 is 1.86 bits per heavy atom. The van der Waals surface area contributed by atoms with E-state index in [2.05, 4.69) is 22.8 Å². The number of hydrogen-bond acceptors (Lipinski definition) is 5. The highest BCUT2D eigenvalue weighted by Crippen LogP contribution is 2.30. The molecule has 0 amide bonds. The van der Waals surface area contributed by atoms with Gasteiger partial charge in [0.05, 0.1) is 6.04 Å². The Balaban J connectivity index is 1.55. The Hall–Kier alpha value is -2.08. The SMILES string of the molecule is CCCC1C=C(N2CCC[C@H]2CN2CCCC2)N=C(N)N1c1ccc(F)cc1. The van der Waals surface area contributed by atoms with Crippen LogP contribution in [0.1, 0.15) is 45.4 Å². The Labute approximate surface area is 167 Å². The summed E-state index contributed by atoms with van der Waals surface area (Å²) in [5.41, 5.74) is 7.34. The predicted molar refractivity (Wildman–Crippen MR) is 113 cm³/mol. The minimum atomic E-state index is -0.235. The minimum Gasteiger partial charge on any atom is -0.369 e. The van der Waals surface area contributed by atoms with Gasteiger partial charge >= 0.3 is 0 Å². The average Bonchev–Trinajstić information content (AvgIpc) is 3.35.